The highest BCUT2D eigenvalue weighted by molar-refractivity contribution is 5.99. The van der Waals surface area contributed by atoms with E-state index in [-0.39, 0.29) is 93.2 Å². The molecule has 0 radical (unpaired) electrons. The van der Waals surface area contributed by atoms with Crippen LogP contribution >= 0.6 is 0 Å². The van der Waals surface area contributed by atoms with Crippen molar-refractivity contribution in [1.82, 2.24) is 19.9 Å². The molecule has 8 bridgehead atoms. The molecule has 7 aromatic rings. The van der Waals surface area contributed by atoms with Gasteiger partial charge in [0.05, 0.1) is 33.7 Å². The van der Waals surface area contributed by atoms with Gasteiger partial charge < -0.3 is 9.97 Å². The molecular formula is C60H78N4. The Morgan fingerprint density at radius 1 is 0.281 bits per heavy atom. The molecule has 0 atom stereocenters. The van der Waals surface area contributed by atoms with Crippen molar-refractivity contribution in [3.63, 3.8) is 0 Å². The van der Waals surface area contributed by atoms with Crippen molar-refractivity contribution in [3.8, 4) is 44.5 Å². The van der Waals surface area contributed by atoms with Crippen LogP contribution in [0.3, 0.4) is 0 Å². The highest BCUT2D eigenvalue weighted by Gasteiger charge is 2.18. The molecule has 3 aromatic heterocycles. The highest BCUT2D eigenvalue weighted by atomic mass is 14.8. The molecule has 0 spiro atoms. The van der Waals surface area contributed by atoms with Crippen molar-refractivity contribution in [1.29, 1.82) is 0 Å². The number of nitrogens with one attached hydrogen (secondary N) is 2. The molecule has 0 fully saturated rings. The lowest BCUT2D eigenvalue weighted by Crippen LogP contribution is -1.89. The molecule has 4 heteroatoms. The van der Waals surface area contributed by atoms with Crippen molar-refractivity contribution in [2.75, 3.05) is 0 Å². The fourth-order valence-corrected chi connectivity index (χ4v) is 6.19. The minimum Gasteiger partial charge on any atom is -0.354 e. The second-order valence-electron chi connectivity index (χ2n) is 11.3. The monoisotopic (exact) mass is 863 g/mol. The Balaban J connectivity index is 0.00000148. The van der Waals surface area contributed by atoms with Crippen LogP contribution in [0.1, 0.15) is 145 Å². The summed E-state index contributed by atoms with van der Waals surface area (Å²) in [6.45, 7) is 32.0. The van der Waals surface area contributed by atoms with Crippen molar-refractivity contribution in [3.05, 3.63) is 168 Å². The van der Waals surface area contributed by atoms with E-state index in [1.807, 2.05) is 232 Å². The first kappa shape index (κ1) is 42.8. The van der Waals surface area contributed by atoms with Gasteiger partial charge in [-0.3, -0.25) is 0 Å². The molecule has 0 saturated carbocycles. The van der Waals surface area contributed by atoms with Crippen LogP contribution in [-0.4, -0.2) is 19.9 Å². The maximum Gasteiger partial charge on any atom is 0.0737 e. The van der Waals surface area contributed by atoms with Crippen LogP contribution in [0.25, 0.3) is 90.8 Å². The first-order chi connectivity index (χ1) is 35.2. The third kappa shape index (κ3) is 13.7. The van der Waals surface area contributed by atoms with E-state index in [4.69, 9.17) is 9.97 Å². The minimum absolute atomic E-state index is 0.0866. The van der Waals surface area contributed by atoms with E-state index in [0.717, 1.165) is 0 Å². The van der Waals surface area contributed by atoms with Crippen LogP contribution in [0.2, 0.25) is 0 Å². The average Bonchev–Trinajstić information content (AvgIpc) is 4.13. The quantitative estimate of drug-likeness (QED) is 0.185. The van der Waals surface area contributed by atoms with Crippen LogP contribution in [0, 0.1) is 0 Å². The van der Waals surface area contributed by atoms with E-state index in [2.05, 4.69) is 9.97 Å². The van der Waals surface area contributed by atoms with Gasteiger partial charge in [0.2, 0.25) is 0 Å². The zero-order valence-corrected chi connectivity index (χ0v) is 41.4. The van der Waals surface area contributed by atoms with Crippen LogP contribution in [-0.2, 0) is 0 Å². The second-order valence-corrected chi connectivity index (χ2v) is 11.3. The van der Waals surface area contributed by atoms with Crippen LogP contribution in [0.4, 0.5) is 0 Å². The summed E-state index contributed by atoms with van der Waals surface area (Å²) in [5.74, 6) is 0. The summed E-state index contributed by atoms with van der Waals surface area (Å²) in [6, 6.07) is 34.7. The van der Waals surface area contributed by atoms with Gasteiger partial charge in [-0.1, -0.05) is 232 Å². The number of aromatic amines is 2. The summed E-state index contributed by atoms with van der Waals surface area (Å²) < 4.78 is 75.0. The van der Waals surface area contributed by atoms with Gasteiger partial charge in [-0.2, -0.15) is 0 Å². The Kier molecular flexibility index (Phi) is 21.5. The van der Waals surface area contributed by atoms with Gasteiger partial charge in [0.1, 0.15) is 0 Å². The molecule has 2 aliphatic rings. The number of hydrogen-bond acceptors (Lipinski definition) is 2. The number of rotatable bonds is 4. The maximum atomic E-state index is 9.39. The Bertz CT molecular complexity index is 2580. The molecule has 2 N–H and O–H groups in total. The first-order valence-corrected chi connectivity index (χ1v) is 23.5. The summed E-state index contributed by atoms with van der Waals surface area (Å²) in [5.41, 5.74) is 4.62. The Morgan fingerprint density at radius 3 is 0.625 bits per heavy atom. The van der Waals surface area contributed by atoms with Gasteiger partial charge in [0.25, 0.3) is 0 Å². The van der Waals surface area contributed by atoms with Crippen molar-refractivity contribution >= 4 is 46.3 Å². The van der Waals surface area contributed by atoms with Gasteiger partial charge in [-0.25, -0.2) is 9.97 Å². The fourth-order valence-electron chi connectivity index (χ4n) is 6.19. The Hall–Kier alpha value is -6.52. The molecule has 338 valence electrons. The van der Waals surface area contributed by atoms with E-state index >= 15 is 0 Å². The second kappa shape index (κ2) is 32.2. The Labute approximate surface area is 399 Å². The Morgan fingerprint density at radius 2 is 0.453 bits per heavy atom. The van der Waals surface area contributed by atoms with E-state index in [1.54, 1.807) is 0 Å². The molecule has 0 aliphatic carbocycles. The summed E-state index contributed by atoms with van der Waals surface area (Å²) >= 11 is 0. The number of hydrogen-bond donors (Lipinski definition) is 2. The number of benzene rings is 4. The standard InChI is InChI=1S/C44H30N4.8C2H6/c1-5-13-29(14-6-1)41-33-21-23-35(45-33)42(30-15-7-2-8-16-30)37-25-27-39(47-37)44(32-19-11-4-12-20-32)40-28-26-38(48-40)43(31-17-9-3-10-18-31)36-24-22-34(41)46-36;8*1-2/h1-28,45,48H;8*1-2H3/i21D,22D,23D,24D,25D,26D,27D,28D;;;;;;;;. The topological polar surface area (TPSA) is 57.4 Å². The van der Waals surface area contributed by atoms with Gasteiger partial charge >= 0.3 is 0 Å². The largest absolute Gasteiger partial charge is 0.354 e. The van der Waals surface area contributed by atoms with Gasteiger partial charge in [-0.05, 0) is 70.6 Å². The molecule has 5 heterocycles. The minimum atomic E-state index is -0.221. The summed E-state index contributed by atoms with van der Waals surface area (Å²) in [7, 11) is 0. The molecule has 4 aromatic carbocycles. The third-order valence-electron chi connectivity index (χ3n) is 8.37. The molecule has 9 rings (SSSR count). The SMILES string of the molecule is CC.CC.CC.CC.CC.CC.CC.CC.[2H]C1=C([2H])c2nc1c(-c1ccccc1)c1[nH]c(c([2H])c1[2H])c(-c1ccccc1)c1nc(c(-c3ccccc3)c3[nH]c(c([2H])c3[2H])c2-c2ccccc2)C([2H])=C1[2H]. The van der Waals surface area contributed by atoms with Gasteiger partial charge in [-0.15, -0.1) is 0 Å². The number of H-pyrrole nitrogens is 2. The lowest BCUT2D eigenvalue weighted by molar-refractivity contribution is 1.31. The summed E-state index contributed by atoms with van der Waals surface area (Å²) in [5, 5.41) is 0. The molecule has 64 heavy (non-hydrogen) atoms. The van der Waals surface area contributed by atoms with Gasteiger partial charge in [0.15, 0.2) is 0 Å². The normalized spacial score (nSPS) is 12.1. The van der Waals surface area contributed by atoms with Crippen molar-refractivity contribution < 1.29 is 11.0 Å². The number of nitrogens with zero attached hydrogens (tertiary/aromatic N) is 2. The average molecular weight is 863 g/mol. The van der Waals surface area contributed by atoms with E-state index < -0.39 is 0 Å². The van der Waals surface area contributed by atoms with E-state index in [0.29, 0.717) is 44.5 Å². The summed E-state index contributed by atoms with van der Waals surface area (Å²) in [4.78, 5) is 16.6. The van der Waals surface area contributed by atoms with E-state index in [9.17, 15) is 11.0 Å². The molecule has 0 amide bonds. The predicted molar refractivity (Wildman–Crippen MR) is 291 cm³/mol. The summed E-state index contributed by atoms with van der Waals surface area (Å²) in [6.07, 6.45) is 0. The molecule has 0 unspecified atom stereocenters. The molecule has 4 nitrogen and oxygen atoms in total. The van der Waals surface area contributed by atoms with E-state index in [1.165, 1.54) is 0 Å². The molecular weight excluding hydrogens is 777 g/mol. The molecule has 2 aliphatic heterocycles. The lowest BCUT2D eigenvalue weighted by atomic mass is 10.0. The molecule has 0 saturated heterocycles. The van der Waals surface area contributed by atoms with Crippen LogP contribution in [0.15, 0.2) is 145 Å². The van der Waals surface area contributed by atoms with Crippen molar-refractivity contribution in [2.45, 2.75) is 111 Å². The fraction of sp³-hybridized carbons (Fsp3) is 0.267. The van der Waals surface area contributed by atoms with Crippen LogP contribution < -0.4 is 0 Å². The van der Waals surface area contributed by atoms with Crippen molar-refractivity contribution in [2.24, 2.45) is 0 Å². The third-order valence-corrected chi connectivity index (χ3v) is 8.37. The number of fused-ring (bicyclic) bond motifs is 8. The predicted octanol–water partition coefficient (Wildman–Crippen LogP) is 19.5. The maximum absolute atomic E-state index is 9.39. The van der Waals surface area contributed by atoms with Crippen LogP contribution in [0.5, 0.6) is 0 Å². The smallest absolute Gasteiger partial charge is 0.0737 e. The highest BCUT2D eigenvalue weighted by Crippen LogP contribution is 2.38. The van der Waals surface area contributed by atoms with Gasteiger partial charge in [0, 0.05) is 44.3 Å². The first-order valence-electron chi connectivity index (χ1n) is 27.5. The number of aromatic nitrogens is 4. The zero-order valence-electron chi connectivity index (χ0n) is 49.4. The lowest BCUT2D eigenvalue weighted by Gasteiger charge is -2.07. The zero-order chi connectivity index (χ0) is 54.8.